The first-order valence-electron chi connectivity index (χ1n) is 6.24. The Kier molecular flexibility index (Phi) is 4.46. The highest BCUT2D eigenvalue weighted by Crippen LogP contribution is 2.31. The van der Waals surface area contributed by atoms with Crippen molar-refractivity contribution in [2.45, 2.75) is 38.3 Å². The Morgan fingerprint density at radius 3 is 3.12 bits per heavy atom. The summed E-state index contributed by atoms with van der Waals surface area (Å²) < 4.78 is 13.1. The van der Waals surface area contributed by atoms with Crippen LogP contribution in [0.3, 0.4) is 0 Å². The third-order valence-corrected chi connectivity index (χ3v) is 4.07. The number of fused-ring (bicyclic) bond motifs is 1. The molecule has 0 spiro atoms. The molecule has 1 aromatic rings. The molecule has 1 N–H and O–H groups in total. The maximum absolute atomic E-state index is 13.1. The fourth-order valence-corrected chi connectivity index (χ4v) is 3.07. The first-order chi connectivity index (χ1) is 8.20. The number of hydrogen-bond acceptors (Lipinski definition) is 2. The molecule has 3 heteroatoms. The Morgan fingerprint density at radius 1 is 1.53 bits per heavy atom. The highest BCUT2D eigenvalue weighted by molar-refractivity contribution is 7.98. The Bertz CT molecular complexity index is 380. The summed E-state index contributed by atoms with van der Waals surface area (Å²) in [6.07, 6.45) is 5.43. The van der Waals surface area contributed by atoms with E-state index in [-0.39, 0.29) is 5.82 Å². The van der Waals surface area contributed by atoms with E-state index in [0.717, 1.165) is 12.8 Å². The van der Waals surface area contributed by atoms with Crippen molar-refractivity contribution in [1.82, 2.24) is 5.32 Å². The van der Waals surface area contributed by atoms with E-state index in [4.69, 9.17) is 0 Å². The van der Waals surface area contributed by atoms with Gasteiger partial charge in [-0.05, 0) is 61.5 Å². The molecule has 2 unspecified atom stereocenters. The van der Waals surface area contributed by atoms with Gasteiger partial charge in [0.25, 0.3) is 0 Å². The summed E-state index contributed by atoms with van der Waals surface area (Å²) in [5, 5.41) is 3.65. The summed E-state index contributed by atoms with van der Waals surface area (Å²) in [6, 6.07) is 6.15. The van der Waals surface area contributed by atoms with Crippen LogP contribution < -0.4 is 5.32 Å². The first kappa shape index (κ1) is 12.9. The molecular weight excluding hydrogens is 233 g/mol. The minimum Gasteiger partial charge on any atom is -0.307 e. The van der Waals surface area contributed by atoms with E-state index >= 15 is 0 Å². The number of rotatable bonds is 5. The van der Waals surface area contributed by atoms with Gasteiger partial charge in [-0.1, -0.05) is 6.07 Å². The average molecular weight is 253 g/mol. The van der Waals surface area contributed by atoms with Crippen LogP contribution >= 0.6 is 11.8 Å². The Balaban J connectivity index is 1.97. The maximum atomic E-state index is 13.1. The fraction of sp³-hybridized carbons (Fsp3) is 0.571. The zero-order valence-electron chi connectivity index (χ0n) is 10.5. The largest absolute Gasteiger partial charge is 0.307 e. The molecule has 94 valence electrons. The van der Waals surface area contributed by atoms with Crippen LogP contribution in [-0.4, -0.2) is 18.1 Å². The summed E-state index contributed by atoms with van der Waals surface area (Å²) in [5.74, 6) is 1.08. The van der Waals surface area contributed by atoms with Crippen molar-refractivity contribution >= 4 is 11.8 Å². The minimum absolute atomic E-state index is 0.111. The third kappa shape index (κ3) is 3.23. The maximum Gasteiger partial charge on any atom is 0.123 e. The van der Waals surface area contributed by atoms with Gasteiger partial charge < -0.3 is 5.32 Å². The number of benzene rings is 1. The lowest BCUT2D eigenvalue weighted by Gasteiger charge is -2.20. The number of aryl methyl sites for hydroxylation is 1. The predicted octanol–water partition coefficient (Wildman–Crippen LogP) is 3.54. The standard InChI is InChI=1S/C14H20FNS/c1-10(7-8-17-2)16-14-6-3-11-9-12(15)4-5-13(11)14/h4-5,9-10,14,16H,3,6-8H2,1-2H3. The number of nitrogens with one attached hydrogen (secondary N) is 1. The van der Waals surface area contributed by atoms with Crippen LogP contribution in [0.4, 0.5) is 4.39 Å². The normalized spacial score (nSPS) is 20.3. The van der Waals surface area contributed by atoms with Crippen LogP contribution in [0.25, 0.3) is 0 Å². The van der Waals surface area contributed by atoms with E-state index < -0.39 is 0 Å². The number of halogens is 1. The topological polar surface area (TPSA) is 12.0 Å². The number of hydrogen-bond donors (Lipinski definition) is 1. The molecule has 2 rings (SSSR count). The fourth-order valence-electron chi connectivity index (χ4n) is 2.48. The summed E-state index contributed by atoms with van der Waals surface area (Å²) in [7, 11) is 0. The molecule has 1 aliphatic carbocycles. The van der Waals surface area contributed by atoms with E-state index in [1.54, 1.807) is 12.1 Å². The Morgan fingerprint density at radius 2 is 2.35 bits per heavy atom. The summed E-state index contributed by atoms with van der Waals surface area (Å²) in [6.45, 7) is 2.23. The van der Waals surface area contributed by atoms with Crippen LogP contribution in [0.15, 0.2) is 18.2 Å². The van der Waals surface area contributed by atoms with Gasteiger partial charge in [0.15, 0.2) is 0 Å². The Hall–Kier alpha value is -0.540. The molecule has 0 aromatic heterocycles. The highest BCUT2D eigenvalue weighted by atomic mass is 32.2. The van der Waals surface area contributed by atoms with Gasteiger partial charge in [-0.3, -0.25) is 0 Å². The lowest BCUT2D eigenvalue weighted by atomic mass is 10.1. The molecule has 1 aromatic carbocycles. The molecule has 17 heavy (non-hydrogen) atoms. The van der Waals surface area contributed by atoms with Gasteiger partial charge in [0, 0.05) is 12.1 Å². The van der Waals surface area contributed by atoms with Crippen LogP contribution in [0.2, 0.25) is 0 Å². The molecule has 0 heterocycles. The van der Waals surface area contributed by atoms with Crippen molar-refractivity contribution in [3.05, 3.63) is 35.1 Å². The molecular formula is C14H20FNS. The molecule has 0 saturated carbocycles. The molecule has 0 saturated heterocycles. The molecule has 0 radical (unpaired) electrons. The second-order valence-corrected chi connectivity index (χ2v) is 5.77. The molecule has 0 amide bonds. The van der Waals surface area contributed by atoms with Crippen molar-refractivity contribution < 1.29 is 4.39 Å². The highest BCUT2D eigenvalue weighted by Gasteiger charge is 2.23. The van der Waals surface area contributed by atoms with Crippen molar-refractivity contribution in [3.8, 4) is 0 Å². The van der Waals surface area contributed by atoms with Gasteiger partial charge in [-0.15, -0.1) is 0 Å². The quantitative estimate of drug-likeness (QED) is 0.861. The van der Waals surface area contributed by atoms with Crippen molar-refractivity contribution in [2.24, 2.45) is 0 Å². The van der Waals surface area contributed by atoms with Gasteiger partial charge in [0.1, 0.15) is 5.82 Å². The van der Waals surface area contributed by atoms with Gasteiger partial charge in [0.05, 0.1) is 0 Å². The van der Waals surface area contributed by atoms with Crippen molar-refractivity contribution in [2.75, 3.05) is 12.0 Å². The average Bonchev–Trinajstić information content (AvgIpc) is 2.69. The smallest absolute Gasteiger partial charge is 0.123 e. The molecule has 1 aliphatic rings. The van der Waals surface area contributed by atoms with Gasteiger partial charge in [-0.25, -0.2) is 4.39 Å². The van der Waals surface area contributed by atoms with Gasteiger partial charge >= 0.3 is 0 Å². The molecule has 1 nitrogen and oxygen atoms in total. The van der Waals surface area contributed by atoms with Crippen LogP contribution in [0.1, 0.15) is 36.9 Å². The van der Waals surface area contributed by atoms with Crippen LogP contribution in [-0.2, 0) is 6.42 Å². The van der Waals surface area contributed by atoms with Crippen molar-refractivity contribution in [3.63, 3.8) is 0 Å². The molecule has 0 fully saturated rings. The van der Waals surface area contributed by atoms with E-state index in [0.29, 0.717) is 12.1 Å². The van der Waals surface area contributed by atoms with Gasteiger partial charge in [0.2, 0.25) is 0 Å². The zero-order chi connectivity index (χ0) is 12.3. The predicted molar refractivity (Wildman–Crippen MR) is 73.1 cm³/mol. The van der Waals surface area contributed by atoms with Gasteiger partial charge in [-0.2, -0.15) is 11.8 Å². The first-order valence-corrected chi connectivity index (χ1v) is 7.63. The monoisotopic (exact) mass is 253 g/mol. The van der Waals surface area contributed by atoms with E-state index in [9.17, 15) is 4.39 Å². The summed E-state index contributed by atoms with van der Waals surface area (Å²) in [5.41, 5.74) is 2.47. The van der Waals surface area contributed by atoms with E-state index in [1.165, 1.54) is 23.3 Å². The van der Waals surface area contributed by atoms with Crippen LogP contribution in [0.5, 0.6) is 0 Å². The Labute approximate surface area is 107 Å². The van der Waals surface area contributed by atoms with E-state index in [1.807, 2.05) is 17.8 Å². The third-order valence-electron chi connectivity index (χ3n) is 3.42. The molecule has 2 atom stereocenters. The molecule has 0 aliphatic heterocycles. The SMILES string of the molecule is CSCCC(C)NC1CCc2cc(F)ccc21. The summed E-state index contributed by atoms with van der Waals surface area (Å²) in [4.78, 5) is 0. The van der Waals surface area contributed by atoms with Crippen molar-refractivity contribution in [1.29, 1.82) is 0 Å². The zero-order valence-corrected chi connectivity index (χ0v) is 11.3. The lowest BCUT2D eigenvalue weighted by molar-refractivity contribution is 0.446. The summed E-state index contributed by atoms with van der Waals surface area (Å²) >= 11 is 1.89. The van der Waals surface area contributed by atoms with Crippen LogP contribution in [0, 0.1) is 5.82 Å². The van der Waals surface area contributed by atoms with E-state index in [2.05, 4.69) is 18.5 Å². The lowest BCUT2D eigenvalue weighted by Crippen LogP contribution is -2.29. The second-order valence-electron chi connectivity index (χ2n) is 4.78. The number of thioether (sulfide) groups is 1. The second kappa shape index (κ2) is 5.87. The minimum atomic E-state index is -0.111. The molecule has 0 bridgehead atoms.